The largest absolute Gasteiger partial charge is 0.488 e. The van der Waals surface area contributed by atoms with Crippen molar-refractivity contribution >= 4 is 22.9 Å². The summed E-state index contributed by atoms with van der Waals surface area (Å²) >= 11 is 1.40. The fourth-order valence-corrected chi connectivity index (χ4v) is 4.73. The number of aryl methyl sites for hydroxylation is 4. The average Bonchev–Trinajstić information content (AvgIpc) is 3.08. The molecule has 0 aliphatic carbocycles. The molecule has 2 aromatic heterocycles. The Balaban J connectivity index is 1.70. The van der Waals surface area contributed by atoms with Crippen LogP contribution < -0.4 is 15.4 Å². The van der Waals surface area contributed by atoms with Gasteiger partial charge in [0.25, 0.3) is 5.91 Å². The van der Waals surface area contributed by atoms with Crippen LogP contribution in [0.3, 0.4) is 0 Å². The highest BCUT2D eigenvalue weighted by Gasteiger charge is 2.21. The van der Waals surface area contributed by atoms with Crippen molar-refractivity contribution in [2.45, 2.75) is 46.6 Å². The van der Waals surface area contributed by atoms with E-state index in [0.717, 1.165) is 64.9 Å². The van der Waals surface area contributed by atoms with Gasteiger partial charge in [0.1, 0.15) is 23.1 Å². The molecule has 31 heavy (non-hydrogen) atoms. The number of hydrogen-bond acceptors (Lipinski definition) is 7. The van der Waals surface area contributed by atoms with E-state index in [2.05, 4.69) is 25.6 Å². The summed E-state index contributed by atoms with van der Waals surface area (Å²) in [6.07, 6.45) is 3.79. The Kier molecular flexibility index (Phi) is 6.29. The maximum atomic E-state index is 12.8. The highest BCUT2D eigenvalue weighted by atomic mass is 32.1. The molecule has 7 nitrogen and oxygen atoms in total. The normalized spacial score (nSPS) is 16.2. The predicted molar refractivity (Wildman–Crippen MR) is 123 cm³/mol. The summed E-state index contributed by atoms with van der Waals surface area (Å²) < 4.78 is 6.38. The Morgan fingerprint density at radius 3 is 2.58 bits per heavy atom. The van der Waals surface area contributed by atoms with Gasteiger partial charge in [-0.15, -0.1) is 11.3 Å². The molecule has 1 aliphatic heterocycles. The summed E-state index contributed by atoms with van der Waals surface area (Å²) in [6.45, 7) is 9.53. The summed E-state index contributed by atoms with van der Waals surface area (Å²) in [7, 11) is 0. The molecule has 1 fully saturated rings. The van der Waals surface area contributed by atoms with Gasteiger partial charge in [-0.1, -0.05) is 0 Å². The van der Waals surface area contributed by atoms with Crippen LogP contribution in [0.15, 0.2) is 24.5 Å². The Hall–Kier alpha value is -2.84. The SMILES string of the molecule is Cc1nc(C)c(C(=O)Nc2ccc(O[C@@H]3CCCNC3)c(-c3c(C)ncnc3C)c2)s1. The second-order valence-electron chi connectivity index (χ2n) is 7.82. The van der Waals surface area contributed by atoms with Gasteiger partial charge < -0.3 is 15.4 Å². The first-order valence-electron chi connectivity index (χ1n) is 10.5. The molecular formula is C23H27N5O2S. The number of anilines is 1. The minimum Gasteiger partial charge on any atom is -0.488 e. The smallest absolute Gasteiger partial charge is 0.267 e. The molecule has 0 bridgehead atoms. The molecule has 1 aromatic carbocycles. The molecule has 0 spiro atoms. The third-order valence-corrected chi connectivity index (χ3v) is 6.46. The number of carbonyl (C=O) groups excluding carboxylic acids is 1. The van der Waals surface area contributed by atoms with E-state index in [1.54, 1.807) is 6.33 Å². The third kappa shape index (κ3) is 4.75. The average molecular weight is 438 g/mol. The van der Waals surface area contributed by atoms with E-state index in [1.165, 1.54) is 11.3 Å². The zero-order valence-corrected chi connectivity index (χ0v) is 19.1. The number of ether oxygens (including phenoxy) is 1. The summed E-state index contributed by atoms with van der Waals surface area (Å²) in [4.78, 5) is 26.6. The lowest BCUT2D eigenvalue weighted by Crippen LogP contribution is -2.37. The highest BCUT2D eigenvalue weighted by Crippen LogP contribution is 2.36. The lowest BCUT2D eigenvalue weighted by atomic mass is 10.0. The summed E-state index contributed by atoms with van der Waals surface area (Å²) in [6, 6.07) is 5.76. The van der Waals surface area contributed by atoms with Crippen molar-refractivity contribution in [1.82, 2.24) is 20.3 Å². The number of thiazole rings is 1. The van der Waals surface area contributed by atoms with Crippen LogP contribution in [0, 0.1) is 27.7 Å². The van der Waals surface area contributed by atoms with Crippen LogP contribution in [0.2, 0.25) is 0 Å². The van der Waals surface area contributed by atoms with Crippen molar-refractivity contribution in [3.8, 4) is 16.9 Å². The van der Waals surface area contributed by atoms with Gasteiger partial charge in [-0.05, 0) is 65.3 Å². The molecule has 3 heterocycles. The lowest BCUT2D eigenvalue weighted by molar-refractivity contribution is 0.102. The second-order valence-corrected chi connectivity index (χ2v) is 9.02. The summed E-state index contributed by atoms with van der Waals surface area (Å²) in [5.74, 6) is 0.620. The van der Waals surface area contributed by atoms with Crippen molar-refractivity contribution in [3.05, 3.63) is 51.5 Å². The summed E-state index contributed by atoms with van der Waals surface area (Å²) in [5.41, 5.74) is 5.00. The topological polar surface area (TPSA) is 89.0 Å². The quantitative estimate of drug-likeness (QED) is 0.621. The molecule has 1 saturated heterocycles. The lowest BCUT2D eigenvalue weighted by Gasteiger charge is -2.26. The fourth-order valence-electron chi connectivity index (χ4n) is 3.92. The van der Waals surface area contributed by atoms with Gasteiger partial charge >= 0.3 is 0 Å². The molecule has 0 saturated carbocycles. The predicted octanol–water partition coefficient (Wildman–Crippen LogP) is 4.22. The Morgan fingerprint density at radius 2 is 1.94 bits per heavy atom. The molecule has 2 N–H and O–H groups in total. The monoisotopic (exact) mass is 437 g/mol. The van der Waals surface area contributed by atoms with Gasteiger partial charge in [-0.3, -0.25) is 4.79 Å². The van der Waals surface area contributed by atoms with Crippen LogP contribution >= 0.6 is 11.3 Å². The van der Waals surface area contributed by atoms with Crippen LogP contribution in [-0.2, 0) is 0 Å². The van der Waals surface area contributed by atoms with Gasteiger partial charge in [0.2, 0.25) is 0 Å². The van der Waals surface area contributed by atoms with Crippen LogP contribution in [0.4, 0.5) is 5.69 Å². The van der Waals surface area contributed by atoms with Gasteiger partial charge in [0, 0.05) is 34.7 Å². The fraction of sp³-hybridized carbons (Fsp3) is 0.391. The minimum atomic E-state index is -0.156. The van der Waals surface area contributed by atoms with E-state index in [-0.39, 0.29) is 12.0 Å². The number of nitrogens with one attached hydrogen (secondary N) is 2. The van der Waals surface area contributed by atoms with E-state index in [4.69, 9.17) is 4.74 Å². The zero-order valence-electron chi connectivity index (χ0n) is 18.3. The Morgan fingerprint density at radius 1 is 1.16 bits per heavy atom. The summed E-state index contributed by atoms with van der Waals surface area (Å²) in [5, 5.41) is 7.28. The number of aromatic nitrogens is 3. The van der Waals surface area contributed by atoms with Crippen molar-refractivity contribution in [1.29, 1.82) is 0 Å². The van der Waals surface area contributed by atoms with E-state index in [1.807, 2.05) is 45.9 Å². The highest BCUT2D eigenvalue weighted by molar-refractivity contribution is 7.13. The molecule has 1 aliphatic rings. The number of carbonyl (C=O) groups is 1. The Bertz CT molecular complexity index is 1090. The molecule has 0 radical (unpaired) electrons. The third-order valence-electron chi connectivity index (χ3n) is 5.39. The number of hydrogen-bond donors (Lipinski definition) is 2. The molecule has 1 atom stereocenters. The van der Waals surface area contributed by atoms with Crippen molar-refractivity contribution in [3.63, 3.8) is 0 Å². The molecule has 8 heteroatoms. The zero-order chi connectivity index (χ0) is 22.0. The van der Waals surface area contributed by atoms with E-state index < -0.39 is 0 Å². The van der Waals surface area contributed by atoms with E-state index in [0.29, 0.717) is 10.6 Å². The van der Waals surface area contributed by atoms with Crippen LogP contribution in [0.5, 0.6) is 5.75 Å². The molecule has 1 amide bonds. The first-order valence-corrected chi connectivity index (χ1v) is 11.3. The van der Waals surface area contributed by atoms with Gasteiger partial charge in [0.15, 0.2) is 0 Å². The molecule has 4 rings (SSSR count). The van der Waals surface area contributed by atoms with Gasteiger partial charge in [-0.2, -0.15) is 0 Å². The number of piperidine rings is 1. The minimum absolute atomic E-state index is 0.112. The maximum Gasteiger partial charge on any atom is 0.267 e. The van der Waals surface area contributed by atoms with Crippen molar-refractivity contribution in [2.24, 2.45) is 0 Å². The van der Waals surface area contributed by atoms with Crippen molar-refractivity contribution in [2.75, 3.05) is 18.4 Å². The number of nitrogens with zero attached hydrogens (tertiary/aromatic N) is 3. The van der Waals surface area contributed by atoms with Gasteiger partial charge in [-0.25, -0.2) is 15.0 Å². The first-order chi connectivity index (χ1) is 14.9. The molecule has 0 unspecified atom stereocenters. The molecule has 162 valence electrons. The van der Waals surface area contributed by atoms with Gasteiger partial charge in [0.05, 0.1) is 10.7 Å². The first kappa shape index (κ1) is 21.4. The van der Waals surface area contributed by atoms with Crippen molar-refractivity contribution < 1.29 is 9.53 Å². The van der Waals surface area contributed by atoms with Crippen LogP contribution in [0.25, 0.3) is 11.1 Å². The molecule has 3 aromatic rings. The second kappa shape index (κ2) is 9.11. The van der Waals surface area contributed by atoms with Crippen LogP contribution in [0.1, 0.15) is 44.6 Å². The van der Waals surface area contributed by atoms with Crippen LogP contribution in [-0.4, -0.2) is 40.1 Å². The Labute approximate surface area is 186 Å². The number of rotatable bonds is 5. The number of amides is 1. The maximum absolute atomic E-state index is 12.8. The van der Waals surface area contributed by atoms with E-state index in [9.17, 15) is 4.79 Å². The van der Waals surface area contributed by atoms with E-state index >= 15 is 0 Å². The standard InChI is InChI=1S/C23H27N5O2S/c1-13-21(14(2)26-12-25-13)19-10-17(28-23(29)22-15(3)27-16(4)31-22)7-8-20(19)30-18-6-5-9-24-11-18/h7-8,10,12,18,24H,5-6,9,11H2,1-4H3,(H,28,29)/t18-/m1/s1. The number of benzene rings is 1. The molecular weight excluding hydrogens is 410 g/mol.